The van der Waals surface area contributed by atoms with Crippen molar-refractivity contribution >= 4 is 35.3 Å². The van der Waals surface area contributed by atoms with Gasteiger partial charge in [0.2, 0.25) is 0 Å². The van der Waals surface area contributed by atoms with E-state index in [1.165, 1.54) is 96.5 Å². The third-order valence-corrected chi connectivity index (χ3v) is 7.07. The maximum Gasteiger partial charge on any atom is 0.0553 e. The summed E-state index contributed by atoms with van der Waals surface area (Å²) in [6.45, 7) is 11.2. The average molecular weight is 420 g/mol. The minimum absolute atomic E-state index is 1.08. The van der Waals surface area contributed by atoms with E-state index >= 15 is 0 Å². The number of unbranched alkanes of at least 4 members (excludes halogenated alkanes) is 9. The Hall–Kier alpha value is -1.93. The van der Waals surface area contributed by atoms with Gasteiger partial charge in [-0.1, -0.05) is 114 Å². The maximum absolute atomic E-state index is 3.94. The Morgan fingerprint density at radius 1 is 0.700 bits per heavy atom. The first-order valence-electron chi connectivity index (χ1n) is 11.7. The van der Waals surface area contributed by atoms with Crippen LogP contribution in [0.15, 0.2) is 59.3 Å². The second-order valence-corrected chi connectivity index (χ2v) is 9.38. The molecule has 1 aliphatic heterocycles. The van der Waals surface area contributed by atoms with Crippen LogP contribution in [0, 0.1) is 0 Å². The molecular formula is C28H37NS. The van der Waals surface area contributed by atoms with E-state index in [9.17, 15) is 0 Å². The van der Waals surface area contributed by atoms with E-state index in [4.69, 9.17) is 0 Å². The molecule has 0 aromatic heterocycles. The first-order chi connectivity index (χ1) is 14.8. The molecule has 0 saturated heterocycles. The molecule has 0 N–H and O–H groups in total. The summed E-state index contributed by atoms with van der Waals surface area (Å²) in [6.07, 6.45) is 17.6. The molecule has 2 heteroatoms. The fraction of sp³-hybridized carbons (Fsp3) is 0.429. The molecule has 160 valence electrons. The second kappa shape index (κ2) is 12.1. The molecule has 0 bridgehead atoms. The van der Waals surface area contributed by atoms with Crippen LogP contribution in [-0.2, 0) is 0 Å². The van der Waals surface area contributed by atoms with E-state index in [0.29, 0.717) is 0 Å². The summed E-state index contributed by atoms with van der Waals surface area (Å²) in [6, 6.07) is 13.4. The SMILES string of the molecule is C=Cc1ccc2c(c1)Sc1cc(C=C)ccc1N2CCCCCCCCCCCC. The van der Waals surface area contributed by atoms with E-state index in [-0.39, 0.29) is 0 Å². The van der Waals surface area contributed by atoms with Gasteiger partial charge in [0.1, 0.15) is 0 Å². The monoisotopic (exact) mass is 419 g/mol. The summed E-state index contributed by atoms with van der Waals surface area (Å²) in [7, 11) is 0. The molecule has 3 rings (SSSR count). The van der Waals surface area contributed by atoms with Crippen LogP contribution in [-0.4, -0.2) is 6.54 Å². The largest absolute Gasteiger partial charge is 0.340 e. The van der Waals surface area contributed by atoms with Gasteiger partial charge in [0.05, 0.1) is 11.4 Å². The Morgan fingerprint density at radius 2 is 1.17 bits per heavy atom. The minimum Gasteiger partial charge on any atom is -0.340 e. The Kier molecular flexibility index (Phi) is 9.14. The van der Waals surface area contributed by atoms with Crippen LogP contribution >= 0.6 is 11.8 Å². The van der Waals surface area contributed by atoms with Gasteiger partial charge in [0, 0.05) is 16.3 Å². The molecule has 30 heavy (non-hydrogen) atoms. The van der Waals surface area contributed by atoms with Crippen LogP contribution in [0.25, 0.3) is 12.2 Å². The quantitative estimate of drug-likeness (QED) is 0.297. The van der Waals surface area contributed by atoms with Gasteiger partial charge in [-0.15, -0.1) is 0 Å². The number of nitrogens with zero attached hydrogens (tertiary/aromatic N) is 1. The zero-order chi connectivity index (χ0) is 21.2. The predicted molar refractivity (Wildman–Crippen MR) is 136 cm³/mol. The minimum atomic E-state index is 1.08. The molecule has 0 saturated carbocycles. The Bertz CT molecular complexity index is 781. The van der Waals surface area contributed by atoms with Crippen molar-refractivity contribution in [2.45, 2.75) is 80.9 Å². The maximum atomic E-state index is 3.94. The first kappa shape index (κ1) is 22.7. The van der Waals surface area contributed by atoms with Crippen molar-refractivity contribution in [2.75, 3.05) is 11.4 Å². The van der Waals surface area contributed by atoms with Crippen molar-refractivity contribution < 1.29 is 0 Å². The molecule has 0 fully saturated rings. The van der Waals surface area contributed by atoms with Gasteiger partial charge in [-0.2, -0.15) is 0 Å². The molecule has 1 aliphatic rings. The molecule has 1 heterocycles. The standard InChI is InChI=1S/C28H37NS/c1-4-7-8-9-10-11-12-13-14-15-20-29-25-18-16-23(5-2)21-27(25)30-28-22-24(6-3)17-19-26(28)29/h5-6,16-19,21-22H,2-4,7-15,20H2,1H3. The van der Waals surface area contributed by atoms with Crippen LogP contribution in [0.4, 0.5) is 11.4 Å². The molecule has 0 amide bonds. The zero-order valence-electron chi connectivity index (χ0n) is 18.7. The Labute approximate surface area is 188 Å². The summed E-state index contributed by atoms with van der Waals surface area (Å²) < 4.78 is 0. The molecule has 0 spiro atoms. The Morgan fingerprint density at radius 3 is 1.63 bits per heavy atom. The number of fused-ring (bicyclic) bond motifs is 2. The predicted octanol–water partition coefficient (Wildman–Crippen LogP) is 9.50. The lowest BCUT2D eigenvalue weighted by atomic mass is 10.1. The van der Waals surface area contributed by atoms with E-state index in [2.05, 4.69) is 61.4 Å². The number of benzene rings is 2. The number of hydrogen-bond donors (Lipinski definition) is 0. The van der Waals surface area contributed by atoms with Gasteiger partial charge in [0.25, 0.3) is 0 Å². The summed E-state index contributed by atoms with van der Waals surface area (Å²) in [5, 5.41) is 0. The van der Waals surface area contributed by atoms with Crippen molar-refractivity contribution in [3.63, 3.8) is 0 Å². The highest BCUT2D eigenvalue weighted by molar-refractivity contribution is 7.99. The van der Waals surface area contributed by atoms with E-state index in [1.54, 1.807) is 0 Å². The van der Waals surface area contributed by atoms with Crippen LogP contribution < -0.4 is 4.90 Å². The summed E-state index contributed by atoms with van der Waals surface area (Å²) in [5.74, 6) is 0. The van der Waals surface area contributed by atoms with Crippen molar-refractivity contribution in [1.82, 2.24) is 0 Å². The van der Waals surface area contributed by atoms with Gasteiger partial charge in [-0.25, -0.2) is 0 Å². The third kappa shape index (κ3) is 6.04. The fourth-order valence-corrected chi connectivity index (χ4v) is 5.36. The van der Waals surface area contributed by atoms with Crippen LogP contribution in [0.3, 0.4) is 0 Å². The highest BCUT2D eigenvalue weighted by Crippen LogP contribution is 2.49. The molecule has 0 radical (unpaired) electrons. The molecule has 2 aromatic rings. The second-order valence-electron chi connectivity index (χ2n) is 8.30. The highest BCUT2D eigenvalue weighted by Gasteiger charge is 2.23. The molecular weight excluding hydrogens is 382 g/mol. The zero-order valence-corrected chi connectivity index (χ0v) is 19.5. The molecule has 1 nitrogen and oxygen atoms in total. The number of anilines is 2. The van der Waals surface area contributed by atoms with Gasteiger partial charge < -0.3 is 4.90 Å². The summed E-state index contributed by atoms with van der Waals surface area (Å²) >= 11 is 1.87. The fourth-order valence-electron chi connectivity index (χ4n) is 4.17. The first-order valence-corrected chi connectivity index (χ1v) is 12.6. The molecule has 2 aromatic carbocycles. The van der Waals surface area contributed by atoms with Crippen LogP contribution in [0.2, 0.25) is 0 Å². The summed E-state index contributed by atoms with van der Waals surface area (Å²) in [5.41, 5.74) is 5.03. The van der Waals surface area contributed by atoms with Crippen LogP contribution in [0.1, 0.15) is 82.3 Å². The van der Waals surface area contributed by atoms with E-state index < -0.39 is 0 Å². The number of rotatable bonds is 13. The van der Waals surface area contributed by atoms with Gasteiger partial charge >= 0.3 is 0 Å². The van der Waals surface area contributed by atoms with Crippen molar-refractivity contribution in [1.29, 1.82) is 0 Å². The van der Waals surface area contributed by atoms with Crippen molar-refractivity contribution in [3.05, 3.63) is 60.7 Å². The van der Waals surface area contributed by atoms with Gasteiger partial charge in [0.15, 0.2) is 0 Å². The number of hydrogen-bond acceptors (Lipinski definition) is 2. The van der Waals surface area contributed by atoms with Crippen molar-refractivity contribution in [3.8, 4) is 0 Å². The van der Waals surface area contributed by atoms with Gasteiger partial charge in [-0.3, -0.25) is 0 Å². The van der Waals surface area contributed by atoms with Crippen molar-refractivity contribution in [2.24, 2.45) is 0 Å². The van der Waals surface area contributed by atoms with Crippen LogP contribution in [0.5, 0.6) is 0 Å². The third-order valence-electron chi connectivity index (χ3n) is 5.98. The van der Waals surface area contributed by atoms with E-state index in [1.807, 2.05) is 23.9 Å². The van der Waals surface area contributed by atoms with E-state index in [0.717, 1.165) is 6.54 Å². The lowest BCUT2D eigenvalue weighted by Crippen LogP contribution is -2.22. The summed E-state index contributed by atoms with van der Waals surface area (Å²) in [4.78, 5) is 5.17. The topological polar surface area (TPSA) is 3.24 Å². The molecule has 0 atom stereocenters. The smallest absolute Gasteiger partial charge is 0.0553 e. The highest BCUT2D eigenvalue weighted by atomic mass is 32.2. The lowest BCUT2D eigenvalue weighted by molar-refractivity contribution is 0.557. The molecule has 0 unspecified atom stereocenters. The van der Waals surface area contributed by atoms with Gasteiger partial charge in [-0.05, 0) is 41.8 Å². The molecule has 0 aliphatic carbocycles. The Balaban J connectivity index is 1.58. The average Bonchev–Trinajstić information content (AvgIpc) is 2.78. The lowest BCUT2D eigenvalue weighted by Gasteiger charge is -2.33. The normalized spacial score (nSPS) is 12.4.